The molecule has 2 aromatic heterocycles. The summed E-state index contributed by atoms with van der Waals surface area (Å²) < 4.78 is 14.3. The summed E-state index contributed by atoms with van der Waals surface area (Å²) in [5.41, 5.74) is 8.11. The lowest BCUT2D eigenvalue weighted by molar-refractivity contribution is 0.189. The Morgan fingerprint density at radius 2 is 1.92 bits per heavy atom. The molecule has 2 N–H and O–H groups in total. The summed E-state index contributed by atoms with van der Waals surface area (Å²) in [4.78, 5) is 17.6. The van der Waals surface area contributed by atoms with E-state index in [2.05, 4.69) is 67.3 Å². The van der Waals surface area contributed by atoms with Crippen molar-refractivity contribution in [3.05, 3.63) is 59.8 Å². The van der Waals surface area contributed by atoms with E-state index in [-0.39, 0.29) is 17.2 Å². The Morgan fingerprint density at radius 1 is 1.24 bits per heavy atom. The first-order valence-electron chi connectivity index (χ1n) is 13.2. The fraction of sp³-hybridized carbons (Fsp3) is 0.483. The number of carbonyl (C=O) groups is 1. The third-order valence-electron chi connectivity index (χ3n) is 8.34. The SMILES string of the molecule is C[C@H](O[Si](C)(C)C(C)(C)C)c1nccn1Cc1cc(-c2ccc(C#C[C@@H]3[C@H]4CN(C(N)=O)C[C@@H]34)cc2)on1. The van der Waals surface area contributed by atoms with Crippen LogP contribution in [0.2, 0.25) is 18.1 Å². The van der Waals surface area contributed by atoms with E-state index in [0.717, 1.165) is 41.5 Å². The van der Waals surface area contributed by atoms with Crippen LogP contribution in [0.1, 0.15) is 50.9 Å². The first kappa shape index (κ1) is 26.3. The monoisotopic (exact) mass is 531 g/mol. The topological polar surface area (TPSA) is 99.4 Å². The minimum atomic E-state index is -1.92. The standard InChI is InChI=1S/C29H37N5O3Si/c1-19(37-38(5,6)29(2,3)4)27-31-13-14-33(27)16-22-15-26(36-32-22)21-10-7-20(8-11-21)9-12-23-24-17-34(28(30)35)18-25(23)24/h7-8,10-11,13-15,19,23-25H,16-18H2,1-6H3,(H2,30,35)/t19-,23-,24-,25+/m0/s1. The molecule has 1 saturated heterocycles. The molecule has 200 valence electrons. The van der Waals surface area contributed by atoms with Crippen molar-refractivity contribution in [1.82, 2.24) is 19.6 Å². The van der Waals surface area contributed by atoms with Crippen LogP contribution in [0.15, 0.2) is 47.2 Å². The van der Waals surface area contributed by atoms with Gasteiger partial charge in [-0.1, -0.05) is 37.8 Å². The second-order valence-corrected chi connectivity index (χ2v) is 16.8. The number of rotatable bonds is 6. The highest BCUT2D eigenvalue weighted by Crippen LogP contribution is 2.51. The Bertz CT molecular complexity index is 1360. The molecule has 2 aliphatic rings. The fourth-order valence-electron chi connectivity index (χ4n) is 4.99. The zero-order valence-electron chi connectivity index (χ0n) is 23.1. The summed E-state index contributed by atoms with van der Waals surface area (Å²) in [6.45, 7) is 15.3. The number of hydrogen-bond donors (Lipinski definition) is 1. The highest BCUT2D eigenvalue weighted by molar-refractivity contribution is 6.74. The number of amides is 2. The minimum Gasteiger partial charge on any atom is -0.407 e. The first-order valence-corrected chi connectivity index (χ1v) is 16.1. The van der Waals surface area contributed by atoms with Crippen molar-refractivity contribution >= 4 is 14.3 Å². The molecular formula is C29H37N5O3Si. The van der Waals surface area contributed by atoms with Gasteiger partial charge in [0.15, 0.2) is 14.1 Å². The van der Waals surface area contributed by atoms with Crippen molar-refractivity contribution < 1.29 is 13.7 Å². The van der Waals surface area contributed by atoms with E-state index in [1.54, 1.807) is 4.90 Å². The maximum atomic E-state index is 11.3. The molecule has 38 heavy (non-hydrogen) atoms. The Labute approximate surface area is 225 Å². The predicted molar refractivity (Wildman–Crippen MR) is 148 cm³/mol. The molecule has 3 aromatic rings. The highest BCUT2D eigenvalue weighted by Gasteiger charge is 2.55. The van der Waals surface area contributed by atoms with E-state index >= 15 is 0 Å². The van der Waals surface area contributed by atoms with E-state index in [1.165, 1.54) is 0 Å². The van der Waals surface area contributed by atoms with Crippen LogP contribution in [0.5, 0.6) is 0 Å². The maximum absolute atomic E-state index is 11.3. The summed E-state index contributed by atoms with van der Waals surface area (Å²) >= 11 is 0. The Kier molecular flexibility index (Phi) is 6.74. The first-order chi connectivity index (χ1) is 17.9. The lowest BCUT2D eigenvalue weighted by atomic mass is 10.1. The number of carbonyl (C=O) groups excluding carboxylic acids is 1. The number of urea groups is 1. The molecule has 1 aliphatic carbocycles. The van der Waals surface area contributed by atoms with Crippen LogP contribution in [0.25, 0.3) is 11.3 Å². The van der Waals surface area contributed by atoms with Crippen molar-refractivity contribution in [2.24, 2.45) is 23.5 Å². The van der Waals surface area contributed by atoms with Gasteiger partial charge in [0, 0.05) is 48.6 Å². The molecule has 3 heterocycles. The molecule has 0 bridgehead atoms. The van der Waals surface area contributed by atoms with Crippen molar-refractivity contribution in [3.8, 4) is 23.2 Å². The van der Waals surface area contributed by atoms with Crippen LogP contribution in [0.4, 0.5) is 4.79 Å². The molecule has 0 spiro atoms. The summed E-state index contributed by atoms with van der Waals surface area (Å²) in [6, 6.07) is 9.67. The summed E-state index contributed by atoms with van der Waals surface area (Å²) in [5, 5.41) is 4.43. The third-order valence-corrected chi connectivity index (χ3v) is 12.9. The van der Waals surface area contributed by atoms with E-state index in [0.29, 0.717) is 24.3 Å². The number of nitrogens with two attached hydrogens (primary N) is 1. The van der Waals surface area contributed by atoms with E-state index < -0.39 is 8.32 Å². The lowest BCUT2D eigenvalue weighted by Gasteiger charge is -2.38. The van der Waals surface area contributed by atoms with Crippen molar-refractivity contribution in [2.75, 3.05) is 13.1 Å². The van der Waals surface area contributed by atoms with Gasteiger partial charge >= 0.3 is 6.03 Å². The van der Waals surface area contributed by atoms with Crippen molar-refractivity contribution in [1.29, 1.82) is 0 Å². The van der Waals surface area contributed by atoms with E-state index in [9.17, 15) is 4.79 Å². The van der Waals surface area contributed by atoms with Gasteiger partial charge in [-0.2, -0.15) is 0 Å². The largest absolute Gasteiger partial charge is 0.407 e. The zero-order valence-corrected chi connectivity index (χ0v) is 24.1. The van der Waals surface area contributed by atoms with Crippen LogP contribution >= 0.6 is 0 Å². The average Bonchev–Trinajstić information content (AvgIpc) is 3.33. The van der Waals surface area contributed by atoms with Gasteiger partial charge < -0.3 is 24.1 Å². The number of likely N-dealkylation sites (tertiary alicyclic amines) is 1. The zero-order chi connectivity index (χ0) is 27.2. The van der Waals surface area contributed by atoms with Gasteiger partial charge in [0.2, 0.25) is 0 Å². The van der Waals surface area contributed by atoms with Gasteiger partial charge in [-0.25, -0.2) is 9.78 Å². The molecule has 1 aromatic carbocycles. The number of nitrogens with zero attached hydrogens (tertiary/aromatic N) is 4. The molecule has 1 saturated carbocycles. The average molecular weight is 532 g/mol. The Hall–Kier alpha value is -3.35. The number of aromatic nitrogens is 3. The van der Waals surface area contributed by atoms with Crippen LogP contribution in [0.3, 0.4) is 0 Å². The summed E-state index contributed by atoms with van der Waals surface area (Å²) in [7, 11) is -1.92. The third kappa shape index (κ3) is 5.29. The van der Waals surface area contributed by atoms with Crippen LogP contribution in [-0.2, 0) is 11.0 Å². The molecule has 9 heteroatoms. The normalized spacial score (nSPS) is 21.5. The van der Waals surface area contributed by atoms with Crippen molar-refractivity contribution in [3.63, 3.8) is 0 Å². The van der Waals surface area contributed by atoms with Gasteiger partial charge in [-0.3, -0.25) is 0 Å². The second-order valence-electron chi connectivity index (χ2n) is 12.1. The Morgan fingerprint density at radius 3 is 2.55 bits per heavy atom. The number of primary amides is 1. The molecule has 0 unspecified atom stereocenters. The molecule has 8 nitrogen and oxygen atoms in total. The van der Waals surface area contributed by atoms with Gasteiger partial charge in [0.1, 0.15) is 17.6 Å². The smallest absolute Gasteiger partial charge is 0.314 e. The fourth-order valence-corrected chi connectivity index (χ4v) is 6.33. The predicted octanol–water partition coefficient (Wildman–Crippen LogP) is 5.28. The number of benzene rings is 1. The molecule has 5 rings (SSSR count). The van der Waals surface area contributed by atoms with Gasteiger partial charge in [-0.05, 0) is 61.2 Å². The van der Waals surface area contributed by atoms with Crippen LogP contribution < -0.4 is 5.73 Å². The minimum absolute atomic E-state index is 0.108. The number of imidazole rings is 1. The van der Waals surface area contributed by atoms with Gasteiger partial charge in [-0.15, -0.1) is 0 Å². The van der Waals surface area contributed by atoms with Gasteiger partial charge in [0.25, 0.3) is 0 Å². The number of piperidine rings is 1. The molecular weight excluding hydrogens is 494 g/mol. The highest BCUT2D eigenvalue weighted by atomic mass is 28.4. The number of hydrogen-bond acceptors (Lipinski definition) is 5. The second kappa shape index (κ2) is 9.75. The quantitative estimate of drug-likeness (QED) is 0.345. The summed E-state index contributed by atoms with van der Waals surface area (Å²) in [5.74, 6) is 9.58. The van der Waals surface area contributed by atoms with E-state index in [1.807, 2.05) is 42.7 Å². The molecule has 2 fully saturated rings. The molecule has 1 aliphatic heterocycles. The van der Waals surface area contributed by atoms with Crippen LogP contribution in [-0.4, -0.2) is 47.0 Å². The van der Waals surface area contributed by atoms with E-state index in [4.69, 9.17) is 14.7 Å². The maximum Gasteiger partial charge on any atom is 0.314 e. The lowest BCUT2D eigenvalue weighted by Crippen LogP contribution is -2.41. The van der Waals surface area contributed by atoms with Gasteiger partial charge in [0.05, 0.1) is 6.54 Å². The number of fused-ring (bicyclic) bond motifs is 1. The molecule has 4 atom stereocenters. The Balaban J connectivity index is 1.20. The summed E-state index contributed by atoms with van der Waals surface area (Å²) in [6.07, 6.45) is 3.66. The van der Waals surface area contributed by atoms with Crippen molar-refractivity contribution in [2.45, 2.75) is 58.5 Å². The molecule has 0 radical (unpaired) electrons. The van der Waals surface area contributed by atoms with Crippen LogP contribution in [0, 0.1) is 29.6 Å². The molecule has 2 amide bonds.